The van der Waals surface area contributed by atoms with Gasteiger partial charge in [-0.15, -0.1) is 10.2 Å². The fraction of sp³-hybridized carbons (Fsp3) is 0.333. The molecule has 0 atom stereocenters. The van der Waals surface area contributed by atoms with Crippen LogP contribution >= 0.6 is 23.4 Å². The largest absolute Gasteiger partial charge is 0.486 e. The predicted octanol–water partition coefficient (Wildman–Crippen LogP) is 2.17. The molecule has 0 radical (unpaired) electrons. The number of rotatable bonds is 8. The molecule has 1 aromatic heterocycles. The van der Waals surface area contributed by atoms with Crippen LogP contribution in [0.4, 0.5) is 0 Å². The van der Waals surface area contributed by atoms with Crippen molar-refractivity contribution in [2.75, 3.05) is 12.3 Å². The molecule has 2 rings (SSSR count). The van der Waals surface area contributed by atoms with Crippen molar-refractivity contribution in [1.82, 2.24) is 20.1 Å². The van der Waals surface area contributed by atoms with Crippen molar-refractivity contribution in [3.05, 3.63) is 35.1 Å². The smallest absolute Gasteiger partial charge is 0.230 e. The van der Waals surface area contributed by atoms with Crippen molar-refractivity contribution in [1.29, 1.82) is 5.26 Å². The first kappa shape index (κ1) is 18.1. The first-order valence-corrected chi connectivity index (χ1v) is 8.49. The second-order valence-corrected chi connectivity index (χ2v) is 6.13. The second-order valence-electron chi connectivity index (χ2n) is 4.75. The highest BCUT2D eigenvalue weighted by Gasteiger charge is 2.11. The van der Waals surface area contributed by atoms with Gasteiger partial charge < -0.3 is 14.6 Å². The minimum absolute atomic E-state index is 0.141. The molecule has 2 aromatic rings. The van der Waals surface area contributed by atoms with Crippen LogP contribution in [0.15, 0.2) is 29.4 Å². The molecule has 0 aliphatic rings. The molecule has 126 valence electrons. The lowest BCUT2D eigenvalue weighted by Gasteiger charge is -2.06. The number of carbonyl (C=O) groups excluding carboxylic acids is 1. The molecule has 9 heteroatoms. The molecule has 1 aromatic carbocycles. The van der Waals surface area contributed by atoms with Crippen LogP contribution in [0, 0.1) is 11.3 Å². The van der Waals surface area contributed by atoms with Crippen molar-refractivity contribution in [3.8, 4) is 11.8 Å². The number of benzene rings is 1. The van der Waals surface area contributed by atoms with Gasteiger partial charge in [0, 0.05) is 18.6 Å². The zero-order chi connectivity index (χ0) is 17.4. The van der Waals surface area contributed by atoms with E-state index >= 15 is 0 Å². The van der Waals surface area contributed by atoms with Crippen LogP contribution in [0.2, 0.25) is 5.02 Å². The van der Waals surface area contributed by atoms with Gasteiger partial charge in [0.25, 0.3) is 0 Å². The Balaban J connectivity index is 1.83. The Morgan fingerprint density at radius 2 is 2.17 bits per heavy atom. The molecule has 0 bridgehead atoms. The highest BCUT2D eigenvalue weighted by atomic mass is 35.5. The lowest BCUT2D eigenvalue weighted by Crippen LogP contribution is -2.26. The van der Waals surface area contributed by atoms with Crippen LogP contribution in [-0.4, -0.2) is 33.0 Å². The van der Waals surface area contributed by atoms with Gasteiger partial charge in [0.05, 0.1) is 18.2 Å². The zero-order valence-electron chi connectivity index (χ0n) is 13.0. The number of hydrogen-bond acceptors (Lipinski definition) is 6. The fourth-order valence-corrected chi connectivity index (χ4v) is 2.60. The molecule has 0 saturated carbocycles. The number of nitriles is 1. The quantitative estimate of drug-likeness (QED) is 0.569. The number of carbonyl (C=O) groups is 1. The molecule has 24 heavy (non-hydrogen) atoms. The van der Waals surface area contributed by atoms with Crippen LogP contribution in [0.5, 0.6) is 5.75 Å². The summed E-state index contributed by atoms with van der Waals surface area (Å²) in [7, 11) is 1.82. The second kappa shape index (κ2) is 9.15. The van der Waals surface area contributed by atoms with E-state index in [2.05, 4.69) is 15.5 Å². The minimum Gasteiger partial charge on any atom is -0.486 e. The van der Waals surface area contributed by atoms with Gasteiger partial charge in [-0.25, -0.2) is 0 Å². The van der Waals surface area contributed by atoms with Crippen molar-refractivity contribution < 1.29 is 9.53 Å². The Bertz CT molecular complexity index is 726. The van der Waals surface area contributed by atoms with Crippen LogP contribution in [0.25, 0.3) is 0 Å². The molecule has 0 fully saturated rings. The van der Waals surface area contributed by atoms with Gasteiger partial charge in [0.2, 0.25) is 5.91 Å². The summed E-state index contributed by atoms with van der Waals surface area (Å²) in [5, 5.41) is 20.5. The van der Waals surface area contributed by atoms with Crippen LogP contribution < -0.4 is 10.1 Å². The summed E-state index contributed by atoms with van der Waals surface area (Å²) in [5.41, 5.74) is 0. The van der Waals surface area contributed by atoms with Crippen molar-refractivity contribution in [2.45, 2.75) is 18.2 Å². The van der Waals surface area contributed by atoms with E-state index in [-0.39, 0.29) is 18.3 Å². The van der Waals surface area contributed by atoms with Crippen LogP contribution in [-0.2, 0) is 18.4 Å². The number of aromatic nitrogens is 3. The fourth-order valence-electron chi connectivity index (χ4n) is 1.71. The van der Waals surface area contributed by atoms with E-state index in [9.17, 15) is 4.79 Å². The van der Waals surface area contributed by atoms with E-state index in [1.807, 2.05) is 13.1 Å². The van der Waals surface area contributed by atoms with E-state index in [1.165, 1.54) is 11.8 Å². The molecular formula is C15H16ClN5O2S. The molecule has 0 aliphatic carbocycles. The molecule has 7 nitrogen and oxygen atoms in total. The third-order valence-corrected chi connectivity index (χ3v) is 4.27. The average Bonchev–Trinajstić information content (AvgIpc) is 2.93. The standard InChI is InChI=1S/C15H16ClN5O2S/c1-21-13(9-23-12-5-3-11(16)4-6-12)19-20-15(21)24-10-14(22)18-8-2-7-17/h3-6H,2,8-10H2,1H3,(H,18,22). The van der Waals surface area contributed by atoms with Gasteiger partial charge in [0.1, 0.15) is 12.4 Å². The first-order chi connectivity index (χ1) is 11.6. The van der Waals surface area contributed by atoms with Gasteiger partial charge in [-0.1, -0.05) is 23.4 Å². The Kier molecular flexibility index (Phi) is 6.90. The van der Waals surface area contributed by atoms with Crippen molar-refractivity contribution in [3.63, 3.8) is 0 Å². The SMILES string of the molecule is Cn1c(COc2ccc(Cl)cc2)nnc1SCC(=O)NCCC#N. The van der Waals surface area contributed by atoms with Gasteiger partial charge in [0.15, 0.2) is 11.0 Å². The number of hydrogen-bond donors (Lipinski definition) is 1. The topological polar surface area (TPSA) is 92.8 Å². The normalized spacial score (nSPS) is 10.2. The van der Waals surface area contributed by atoms with Crippen molar-refractivity contribution >= 4 is 29.3 Å². The molecule has 0 saturated heterocycles. The Labute approximate surface area is 149 Å². The molecule has 0 unspecified atom stereocenters. The Morgan fingerprint density at radius 1 is 1.42 bits per heavy atom. The number of halogens is 1. The zero-order valence-corrected chi connectivity index (χ0v) is 14.6. The molecule has 1 heterocycles. The van der Waals surface area contributed by atoms with E-state index < -0.39 is 0 Å². The number of ether oxygens (including phenoxy) is 1. The van der Waals surface area contributed by atoms with E-state index in [1.54, 1.807) is 28.8 Å². The Morgan fingerprint density at radius 3 is 2.88 bits per heavy atom. The third kappa shape index (κ3) is 5.44. The summed E-state index contributed by atoms with van der Waals surface area (Å²) >= 11 is 7.10. The van der Waals surface area contributed by atoms with E-state index in [0.29, 0.717) is 34.7 Å². The van der Waals surface area contributed by atoms with Gasteiger partial charge in [-0.05, 0) is 24.3 Å². The monoisotopic (exact) mass is 365 g/mol. The van der Waals surface area contributed by atoms with Gasteiger partial charge >= 0.3 is 0 Å². The summed E-state index contributed by atoms with van der Waals surface area (Å²) in [5.74, 6) is 1.41. The highest BCUT2D eigenvalue weighted by Crippen LogP contribution is 2.18. The van der Waals surface area contributed by atoms with Crippen LogP contribution in [0.3, 0.4) is 0 Å². The maximum atomic E-state index is 11.6. The van der Waals surface area contributed by atoms with E-state index in [4.69, 9.17) is 21.6 Å². The molecule has 0 aliphatic heterocycles. The maximum absolute atomic E-state index is 11.6. The van der Waals surface area contributed by atoms with Crippen LogP contribution in [0.1, 0.15) is 12.2 Å². The molecule has 1 amide bonds. The highest BCUT2D eigenvalue weighted by molar-refractivity contribution is 7.99. The summed E-state index contributed by atoms with van der Waals surface area (Å²) in [6.45, 7) is 0.620. The summed E-state index contributed by atoms with van der Waals surface area (Å²) < 4.78 is 7.41. The number of nitrogens with zero attached hydrogens (tertiary/aromatic N) is 4. The third-order valence-electron chi connectivity index (χ3n) is 3.00. The summed E-state index contributed by atoms with van der Waals surface area (Å²) in [4.78, 5) is 11.6. The molecular weight excluding hydrogens is 350 g/mol. The molecule has 0 spiro atoms. The minimum atomic E-state index is -0.141. The van der Waals surface area contributed by atoms with Crippen molar-refractivity contribution in [2.24, 2.45) is 7.05 Å². The van der Waals surface area contributed by atoms with Gasteiger partial charge in [-0.3, -0.25) is 4.79 Å². The molecule has 1 N–H and O–H groups in total. The average molecular weight is 366 g/mol. The number of amides is 1. The lowest BCUT2D eigenvalue weighted by molar-refractivity contribution is -0.118. The van der Waals surface area contributed by atoms with E-state index in [0.717, 1.165) is 0 Å². The summed E-state index contributed by atoms with van der Waals surface area (Å²) in [6, 6.07) is 9.03. The Hall–Kier alpha value is -2.24. The summed E-state index contributed by atoms with van der Waals surface area (Å²) in [6.07, 6.45) is 0.298. The van der Waals surface area contributed by atoms with Gasteiger partial charge in [-0.2, -0.15) is 5.26 Å². The lowest BCUT2D eigenvalue weighted by atomic mass is 10.3. The number of thioether (sulfide) groups is 1. The maximum Gasteiger partial charge on any atom is 0.230 e. The first-order valence-electron chi connectivity index (χ1n) is 7.13. The predicted molar refractivity (Wildman–Crippen MR) is 90.8 cm³/mol. The number of nitrogens with one attached hydrogen (secondary N) is 1.